The van der Waals surface area contributed by atoms with Crippen molar-refractivity contribution in [2.24, 2.45) is 0 Å². The van der Waals surface area contributed by atoms with Gasteiger partial charge in [0.2, 0.25) is 0 Å². The molecule has 0 aliphatic carbocycles. The van der Waals surface area contributed by atoms with E-state index in [1.54, 1.807) is 18.2 Å². The molecule has 9 heteroatoms. The van der Waals surface area contributed by atoms with Gasteiger partial charge in [-0.1, -0.05) is 24.3 Å². The molecule has 0 aliphatic rings. The van der Waals surface area contributed by atoms with Crippen LogP contribution in [0.5, 0.6) is 0 Å². The van der Waals surface area contributed by atoms with Gasteiger partial charge in [0.15, 0.2) is 0 Å². The van der Waals surface area contributed by atoms with Crippen LogP contribution in [0, 0.1) is 0 Å². The lowest BCUT2D eigenvalue weighted by molar-refractivity contribution is -0.163. The maximum Gasteiger partial charge on any atom is 0.344 e. The van der Waals surface area contributed by atoms with Crippen LogP contribution in [0.1, 0.15) is 10.4 Å². The fourth-order valence-electron chi connectivity index (χ4n) is 1.64. The van der Waals surface area contributed by atoms with Crippen LogP contribution in [0.2, 0.25) is 0 Å². The van der Waals surface area contributed by atoms with E-state index >= 15 is 0 Å². The summed E-state index contributed by atoms with van der Waals surface area (Å²) in [4.78, 5) is 42.8. The SMILES string of the molecule is C=CCN(O)C(=O)CN(CP(=O)(O)O)C(=O)c1ccccc1. The van der Waals surface area contributed by atoms with Gasteiger partial charge in [0.25, 0.3) is 11.8 Å². The highest BCUT2D eigenvalue weighted by molar-refractivity contribution is 7.51. The van der Waals surface area contributed by atoms with Crippen LogP contribution in [0.3, 0.4) is 0 Å². The Labute approximate surface area is 127 Å². The monoisotopic (exact) mass is 328 g/mol. The van der Waals surface area contributed by atoms with Crippen molar-refractivity contribution in [2.45, 2.75) is 0 Å². The Morgan fingerprint density at radius 1 is 1.23 bits per heavy atom. The van der Waals surface area contributed by atoms with Crippen LogP contribution in [-0.4, -0.2) is 56.1 Å². The lowest BCUT2D eigenvalue weighted by atomic mass is 10.2. The first-order valence-corrected chi connectivity index (χ1v) is 8.03. The van der Waals surface area contributed by atoms with Gasteiger partial charge in [-0.2, -0.15) is 0 Å². The average Bonchev–Trinajstić information content (AvgIpc) is 2.45. The van der Waals surface area contributed by atoms with Crippen molar-refractivity contribution in [3.8, 4) is 0 Å². The van der Waals surface area contributed by atoms with Crippen molar-refractivity contribution in [3.63, 3.8) is 0 Å². The summed E-state index contributed by atoms with van der Waals surface area (Å²) in [6.45, 7) is 2.52. The molecular formula is C13H17N2O6P. The van der Waals surface area contributed by atoms with Crippen molar-refractivity contribution < 1.29 is 29.1 Å². The quantitative estimate of drug-likeness (QED) is 0.293. The Morgan fingerprint density at radius 2 is 1.82 bits per heavy atom. The van der Waals surface area contributed by atoms with E-state index in [1.165, 1.54) is 18.2 Å². The molecule has 1 rings (SSSR count). The molecule has 2 amide bonds. The topological polar surface area (TPSA) is 118 Å². The lowest BCUT2D eigenvalue weighted by Crippen LogP contribution is -2.42. The van der Waals surface area contributed by atoms with E-state index in [-0.39, 0.29) is 12.1 Å². The summed E-state index contributed by atoms with van der Waals surface area (Å²) in [5, 5.41) is 9.72. The second-order valence-electron chi connectivity index (χ2n) is 4.44. The van der Waals surface area contributed by atoms with Crippen molar-refractivity contribution >= 4 is 19.4 Å². The fourth-order valence-corrected chi connectivity index (χ4v) is 2.31. The number of hydrogen-bond donors (Lipinski definition) is 3. The lowest BCUT2D eigenvalue weighted by Gasteiger charge is -2.24. The number of nitrogens with zero attached hydrogens (tertiary/aromatic N) is 2. The summed E-state index contributed by atoms with van der Waals surface area (Å²) < 4.78 is 11.2. The summed E-state index contributed by atoms with van der Waals surface area (Å²) in [6, 6.07) is 7.76. The Hall–Kier alpha value is -1.99. The Morgan fingerprint density at radius 3 is 2.32 bits per heavy atom. The van der Waals surface area contributed by atoms with Crippen molar-refractivity contribution in [2.75, 3.05) is 19.4 Å². The Balaban J connectivity index is 2.94. The smallest absolute Gasteiger partial charge is 0.323 e. The second-order valence-corrected chi connectivity index (χ2v) is 6.05. The van der Waals surface area contributed by atoms with Gasteiger partial charge in [-0.3, -0.25) is 19.4 Å². The standard InChI is InChI=1S/C13H17N2O6P/c1-2-8-15(18)12(16)9-14(10-22(19,20)21)13(17)11-6-4-3-5-7-11/h2-7,18H,1,8-10H2,(H2,19,20,21). The molecule has 1 aromatic carbocycles. The van der Waals surface area contributed by atoms with E-state index < -0.39 is 32.2 Å². The molecular weight excluding hydrogens is 311 g/mol. The van der Waals surface area contributed by atoms with Gasteiger partial charge >= 0.3 is 7.60 Å². The first kappa shape index (κ1) is 18.1. The molecule has 0 fully saturated rings. The van der Waals surface area contributed by atoms with E-state index in [0.717, 1.165) is 0 Å². The summed E-state index contributed by atoms with van der Waals surface area (Å²) in [5.41, 5.74) is 0.178. The Kier molecular flexibility index (Phi) is 6.45. The molecule has 0 heterocycles. The molecule has 0 aliphatic heterocycles. The fraction of sp³-hybridized carbons (Fsp3) is 0.231. The highest BCUT2D eigenvalue weighted by Crippen LogP contribution is 2.35. The van der Waals surface area contributed by atoms with Crippen LogP contribution in [0.25, 0.3) is 0 Å². The van der Waals surface area contributed by atoms with Crippen LogP contribution in [-0.2, 0) is 9.36 Å². The molecule has 0 saturated heterocycles. The average molecular weight is 328 g/mol. The predicted octanol–water partition coefficient (Wildman–Crippen LogP) is 0.668. The van der Waals surface area contributed by atoms with Gasteiger partial charge in [0.1, 0.15) is 12.8 Å². The van der Waals surface area contributed by atoms with E-state index in [4.69, 9.17) is 9.79 Å². The molecule has 22 heavy (non-hydrogen) atoms. The van der Waals surface area contributed by atoms with Gasteiger partial charge in [-0.05, 0) is 12.1 Å². The van der Waals surface area contributed by atoms with Crippen molar-refractivity contribution in [1.82, 2.24) is 9.96 Å². The third kappa shape index (κ3) is 5.79. The molecule has 120 valence electrons. The maximum atomic E-state index is 12.2. The number of benzene rings is 1. The highest BCUT2D eigenvalue weighted by atomic mass is 31.2. The van der Waals surface area contributed by atoms with Crippen LogP contribution < -0.4 is 0 Å². The highest BCUT2D eigenvalue weighted by Gasteiger charge is 2.27. The van der Waals surface area contributed by atoms with E-state index in [1.807, 2.05) is 0 Å². The van der Waals surface area contributed by atoms with Gasteiger partial charge in [0, 0.05) is 5.56 Å². The summed E-state index contributed by atoms with van der Waals surface area (Å²) in [7, 11) is -4.57. The normalized spacial score (nSPS) is 10.9. The number of carbonyl (C=O) groups is 2. The molecule has 0 radical (unpaired) electrons. The first-order chi connectivity index (χ1) is 10.2. The van der Waals surface area contributed by atoms with Gasteiger partial charge < -0.3 is 14.7 Å². The van der Waals surface area contributed by atoms with Crippen LogP contribution in [0.4, 0.5) is 0 Å². The van der Waals surface area contributed by atoms with E-state index in [2.05, 4.69) is 6.58 Å². The predicted molar refractivity (Wildman–Crippen MR) is 78.1 cm³/mol. The Bertz CT molecular complexity index is 585. The summed E-state index contributed by atoms with van der Waals surface area (Å²) >= 11 is 0. The molecule has 0 bridgehead atoms. The summed E-state index contributed by atoms with van der Waals surface area (Å²) in [5.74, 6) is -1.60. The molecule has 3 N–H and O–H groups in total. The largest absolute Gasteiger partial charge is 0.344 e. The minimum atomic E-state index is -4.57. The number of rotatable bonds is 7. The molecule has 0 saturated carbocycles. The van der Waals surface area contributed by atoms with Crippen LogP contribution in [0.15, 0.2) is 43.0 Å². The number of amides is 2. The zero-order valence-corrected chi connectivity index (χ0v) is 12.6. The third-order valence-corrected chi connectivity index (χ3v) is 3.29. The van der Waals surface area contributed by atoms with Crippen molar-refractivity contribution in [1.29, 1.82) is 0 Å². The van der Waals surface area contributed by atoms with Crippen LogP contribution >= 0.6 is 7.60 Å². The van der Waals surface area contributed by atoms with Crippen molar-refractivity contribution in [3.05, 3.63) is 48.6 Å². The number of hydroxylamine groups is 2. The zero-order valence-electron chi connectivity index (χ0n) is 11.7. The molecule has 0 atom stereocenters. The molecule has 0 spiro atoms. The van der Waals surface area contributed by atoms with E-state index in [0.29, 0.717) is 9.96 Å². The van der Waals surface area contributed by atoms with Gasteiger partial charge in [-0.25, -0.2) is 5.06 Å². The van der Waals surface area contributed by atoms with Gasteiger partial charge in [-0.15, -0.1) is 6.58 Å². The third-order valence-electron chi connectivity index (χ3n) is 2.58. The van der Waals surface area contributed by atoms with E-state index in [9.17, 15) is 19.4 Å². The summed E-state index contributed by atoms with van der Waals surface area (Å²) in [6.07, 6.45) is 0.346. The van der Waals surface area contributed by atoms with Gasteiger partial charge in [0.05, 0.1) is 6.54 Å². The zero-order chi connectivity index (χ0) is 16.8. The maximum absolute atomic E-state index is 12.2. The first-order valence-electron chi connectivity index (χ1n) is 6.23. The molecule has 8 nitrogen and oxygen atoms in total. The molecule has 0 aromatic heterocycles. The molecule has 1 aromatic rings. The minimum Gasteiger partial charge on any atom is -0.323 e. The minimum absolute atomic E-state index is 0.165. The number of carbonyl (C=O) groups excluding carboxylic acids is 2. The second kappa shape index (κ2) is 7.86. The molecule has 0 unspecified atom stereocenters. The number of hydrogen-bond acceptors (Lipinski definition) is 4.